The molecule has 0 spiro atoms. The molecule has 0 saturated heterocycles. The highest BCUT2D eigenvalue weighted by atomic mass is 16.5. The number of esters is 1. The normalized spacial score (nSPS) is 15.0. The number of amides is 1. The second kappa shape index (κ2) is 8.03. The van der Waals surface area contributed by atoms with Crippen LogP contribution in [0.5, 0.6) is 5.75 Å². The zero-order valence-electron chi connectivity index (χ0n) is 16.6. The van der Waals surface area contributed by atoms with Gasteiger partial charge < -0.3 is 18.9 Å². The third kappa shape index (κ3) is 3.66. The van der Waals surface area contributed by atoms with Crippen molar-refractivity contribution in [1.29, 1.82) is 0 Å². The summed E-state index contributed by atoms with van der Waals surface area (Å²) < 4.78 is 12.4. The summed E-state index contributed by atoms with van der Waals surface area (Å²) in [7, 11) is 4.57. The molecule has 1 amide bonds. The number of benzene rings is 1. The van der Waals surface area contributed by atoms with Gasteiger partial charge in [0.2, 0.25) is 0 Å². The van der Waals surface area contributed by atoms with Crippen molar-refractivity contribution in [2.45, 2.75) is 45.1 Å². The van der Waals surface area contributed by atoms with Crippen LogP contribution in [0.4, 0.5) is 0 Å². The molecule has 1 saturated carbocycles. The van der Waals surface area contributed by atoms with Crippen LogP contribution in [0.1, 0.15) is 54.2 Å². The summed E-state index contributed by atoms with van der Waals surface area (Å²) in [6, 6.07) is 6.29. The first kappa shape index (κ1) is 19.3. The van der Waals surface area contributed by atoms with Gasteiger partial charge in [0.25, 0.3) is 5.91 Å². The van der Waals surface area contributed by atoms with Gasteiger partial charge >= 0.3 is 5.97 Å². The zero-order valence-corrected chi connectivity index (χ0v) is 16.6. The van der Waals surface area contributed by atoms with Crippen LogP contribution in [0.15, 0.2) is 18.2 Å². The summed E-state index contributed by atoms with van der Waals surface area (Å²) in [6.07, 6.45) is 5.96. The summed E-state index contributed by atoms with van der Waals surface area (Å²) in [6.45, 7) is 1.93. The van der Waals surface area contributed by atoms with E-state index in [-0.39, 0.29) is 12.5 Å². The van der Waals surface area contributed by atoms with Gasteiger partial charge in [-0.2, -0.15) is 0 Å². The van der Waals surface area contributed by atoms with Gasteiger partial charge in [-0.25, -0.2) is 0 Å². The maximum absolute atomic E-state index is 13.2. The van der Waals surface area contributed by atoms with E-state index in [0.29, 0.717) is 17.4 Å². The number of hydrogen-bond donors (Lipinski definition) is 0. The minimum absolute atomic E-state index is 0.0746. The van der Waals surface area contributed by atoms with E-state index in [1.54, 1.807) is 14.2 Å². The fraction of sp³-hybridized carbons (Fsp3) is 0.524. The molecule has 6 nitrogen and oxygen atoms in total. The molecule has 1 heterocycles. The predicted molar refractivity (Wildman–Crippen MR) is 104 cm³/mol. The summed E-state index contributed by atoms with van der Waals surface area (Å²) >= 11 is 0. The maximum atomic E-state index is 13.2. The highest BCUT2D eigenvalue weighted by Gasteiger charge is 2.27. The smallest absolute Gasteiger partial charge is 0.325 e. The first-order chi connectivity index (χ1) is 13.0. The molecule has 1 fully saturated rings. The van der Waals surface area contributed by atoms with E-state index in [2.05, 4.69) is 4.57 Å². The highest BCUT2D eigenvalue weighted by Crippen LogP contribution is 2.37. The minimum atomic E-state index is -0.433. The molecule has 0 unspecified atom stereocenters. The van der Waals surface area contributed by atoms with Crippen molar-refractivity contribution in [3.63, 3.8) is 0 Å². The number of nitrogens with zero attached hydrogens (tertiary/aromatic N) is 2. The molecular weight excluding hydrogens is 344 g/mol. The van der Waals surface area contributed by atoms with E-state index in [1.807, 2.05) is 25.1 Å². The van der Waals surface area contributed by atoms with Gasteiger partial charge in [-0.1, -0.05) is 19.3 Å². The van der Waals surface area contributed by atoms with Crippen LogP contribution in [0.2, 0.25) is 0 Å². The number of ether oxygens (including phenoxy) is 2. The number of rotatable bonds is 5. The summed E-state index contributed by atoms with van der Waals surface area (Å²) in [5.74, 6) is 0.107. The molecule has 0 N–H and O–H groups in total. The molecule has 27 heavy (non-hydrogen) atoms. The SMILES string of the molecule is COC(=O)CN(C)C(=O)c1c(C)n(C2CCCCC2)c2ccc(OC)cc12. The fourth-order valence-corrected chi connectivity index (χ4v) is 4.15. The quantitative estimate of drug-likeness (QED) is 0.751. The first-order valence-corrected chi connectivity index (χ1v) is 9.48. The standard InChI is InChI=1S/C21H28N2O4/c1-14-20(21(25)22(2)13-19(24)27-4)17-12-16(26-3)10-11-18(17)23(14)15-8-6-5-7-9-15/h10-12,15H,5-9,13H2,1-4H3. The van der Waals surface area contributed by atoms with Crippen LogP contribution in [0.3, 0.4) is 0 Å². The molecule has 3 rings (SSSR count). The van der Waals surface area contributed by atoms with E-state index in [0.717, 1.165) is 29.4 Å². The number of carbonyl (C=O) groups is 2. The third-order valence-corrected chi connectivity index (χ3v) is 5.55. The van der Waals surface area contributed by atoms with Gasteiger partial charge in [0.05, 0.1) is 19.8 Å². The van der Waals surface area contributed by atoms with Crippen molar-refractivity contribution in [2.24, 2.45) is 0 Å². The van der Waals surface area contributed by atoms with Gasteiger partial charge in [0.1, 0.15) is 12.3 Å². The van der Waals surface area contributed by atoms with Gasteiger partial charge in [-0.05, 0) is 38.0 Å². The van der Waals surface area contributed by atoms with Gasteiger partial charge in [-0.3, -0.25) is 9.59 Å². The van der Waals surface area contributed by atoms with Crippen LogP contribution in [0, 0.1) is 6.92 Å². The minimum Gasteiger partial charge on any atom is -0.497 e. The lowest BCUT2D eigenvalue weighted by atomic mass is 9.95. The largest absolute Gasteiger partial charge is 0.497 e. The number of methoxy groups -OCH3 is 2. The molecule has 0 atom stereocenters. The van der Waals surface area contributed by atoms with Crippen molar-refractivity contribution < 1.29 is 19.1 Å². The number of carbonyl (C=O) groups excluding carboxylic acids is 2. The molecular formula is C21H28N2O4. The van der Waals surface area contributed by atoms with E-state index in [9.17, 15) is 9.59 Å². The van der Waals surface area contributed by atoms with Crippen LogP contribution >= 0.6 is 0 Å². The zero-order chi connectivity index (χ0) is 19.6. The van der Waals surface area contributed by atoms with Crippen molar-refractivity contribution in [1.82, 2.24) is 9.47 Å². The molecule has 2 aromatic rings. The van der Waals surface area contributed by atoms with E-state index in [4.69, 9.17) is 9.47 Å². The van der Waals surface area contributed by atoms with Crippen LogP contribution in [-0.2, 0) is 9.53 Å². The van der Waals surface area contributed by atoms with Gasteiger partial charge in [-0.15, -0.1) is 0 Å². The molecule has 0 aliphatic heterocycles. The molecule has 0 bridgehead atoms. The molecule has 1 aromatic carbocycles. The van der Waals surface area contributed by atoms with Crippen molar-refractivity contribution in [3.8, 4) is 5.75 Å². The Balaban J connectivity index is 2.11. The Labute approximate surface area is 160 Å². The molecule has 1 aliphatic carbocycles. The van der Waals surface area contributed by atoms with Crippen molar-refractivity contribution >= 4 is 22.8 Å². The monoisotopic (exact) mass is 372 g/mol. The lowest BCUT2D eigenvalue weighted by Crippen LogP contribution is -2.33. The number of fused-ring (bicyclic) bond motifs is 1. The van der Waals surface area contributed by atoms with Crippen molar-refractivity contribution in [3.05, 3.63) is 29.5 Å². The number of likely N-dealkylation sites (N-methyl/N-ethyl adjacent to an activating group) is 1. The van der Waals surface area contributed by atoms with E-state index < -0.39 is 5.97 Å². The lowest BCUT2D eigenvalue weighted by molar-refractivity contribution is -0.141. The first-order valence-electron chi connectivity index (χ1n) is 9.48. The predicted octanol–water partition coefficient (Wildman–Crippen LogP) is 3.71. The molecule has 1 aromatic heterocycles. The summed E-state index contributed by atoms with van der Waals surface area (Å²) in [5.41, 5.74) is 2.64. The fourth-order valence-electron chi connectivity index (χ4n) is 4.15. The topological polar surface area (TPSA) is 60.8 Å². The third-order valence-electron chi connectivity index (χ3n) is 5.55. The summed E-state index contributed by atoms with van der Waals surface area (Å²) in [4.78, 5) is 26.2. The van der Waals surface area contributed by atoms with Crippen LogP contribution in [0.25, 0.3) is 10.9 Å². The second-order valence-corrected chi connectivity index (χ2v) is 7.24. The van der Waals surface area contributed by atoms with E-state index in [1.165, 1.54) is 31.3 Å². The van der Waals surface area contributed by atoms with Crippen LogP contribution in [-0.4, -0.2) is 49.2 Å². The van der Waals surface area contributed by atoms with Crippen molar-refractivity contribution in [2.75, 3.05) is 27.8 Å². The Morgan fingerprint density at radius 3 is 2.52 bits per heavy atom. The molecule has 1 aliphatic rings. The Morgan fingerprint density at radius 2 is 1.89 bits per heavy atom. The Kier molecular flexibility index (Phi) is 5.73. The lowest BCUT2D eigenvalue weighted by Gasteiger charge is -2.26. The Morgan fingerprint density at radius 1 is 1.19 bits per heavy atom. The average Bonchev–Trinajstić information content (AvgIpc) is 2.98. The molecule has 146 valence electrons. The Bertz CT molecular complexity index is 849. The van der Waals surface area contributed by atoms with E-state index >= 15 is 0 Å². The molecule has 0 radical (unpaired) electrons. The van der Waals surface area contributed by atoms with Gasteiger partial charge in [0.15, 0.2) is 0 Å². The molecule has 6 heteroatoms. The summed E-state index contributed by atoms with van der Waals surface area (Å²) in [5, 5.41) is 0.874. The maximum Gasteiger partial charge on any atom is 0.325 e. The Hall–Kier alpha value is -2.50. The average molecular weight is 372 g/mol. The number of aromatic nitrogens is 1. The van der Waals surface area contributed by atoms with Gasteiger partial charge in [0, 0.05) is 29.7 Å². The second-order valence-electron chi connectivity index (χ2n) is 7.24. The number of hydrogen-bond acceptors (Lipinski definition) is 4. The van der Waals surface area contributed by atoms with Crippen LogP contribution < -0.4 is 4.74 Å². The highest BCUT2D eigenvalue weighted by molar-refractivity contribution is 6.09.